The maximum atomic E-state index is 13.3. The van der Waals surface area contributed by atoms with Crippen molar-refractivity contribution < 1.29 is 4.79 Å². The average molecular weight is 493 g/mol. The molecule has 1 saturated heterocycles. The number of unbranched alkanes of at least 4 members (excludes halogenated alkanes) is 3. The van der Waals surface area contributed by atoms with Gasteiger partial charge in [-0.3, -0.25) is 0 Å². The Labute approximate surface area is 177 Å². The van der Waals surface area contributed by atoms with Crippen LogP contribution in [-0.4, -0.2) is 51.9 Å². The summed E-state index contributed by atoms with van der Waals surface area (Å²) >= 11 is -2.43. The van der Waals surface area contributed by atoms with E-state index in [2.05, 4.69) is 62.9 Å². The van der Waals surface area contributed by atoms with Crippen LogP contribution in [0.2, 0.25) is 13.3 Å². The fourth-order valence-electron chi connectivity index (χ4n) is 4.87. The van der Waals surface area contributed by atoms with Gasteiger partial charge in [0.15, 0.2) is 0 Å². The summed E-state index contributed by atoms with van der Waals surface area (Å²) in [5, 5.41) is 0. The number of likely N-dealkylation sites (N-methyl/N-ethyl adjacent to an activating group) is 1. The van der Waals surface area contributed by atoms with E-state index in [-0.39, 0.29) is 18.1 Å². The molecule has 1 aromatic rings. The molecule has 2 amide bonds. The molecule has 0 radical (unpaired) electrons. The van der Waals surface area contributed by atoms with Crippen LogP contribution in [0.5, 0.6) is 0 Å². The van der Waals surface area contributed by atoms with Crippen LogP contribution in [0.4, 0.5) is 4.79 Å². The van der Waals surface area contributed by atoms with Crippen LogP contribution in [0.1, 0.15) is 77.8 Å². The summed E-state index contributed by atoms with van der Waals surface area (Å²) in [6, 6.07) is 11.4. The predicted molar refractivity (Wildman–Crippen MR) is 123 cm³/mol. The van der Waals surface area contributed by atoms with Crippen molar-refractivity contribution in [2.45, 2.75) is 91.6 Å². The first-order valence-corrected chi connectivity index (χ1v) is 19.6. The predicted octanol–water partition coefficient (Wildman–Crippen LogP) is 6.87. The summed E-state index contributed by atoms with van der Waals surface area (Å²) in [4.78, 5) is 17.6. The van der Waals surface area contributed by atoms with Gasteiger partial charge in [-0.05, 0) is 0 Å². The molecule has 0 saturated carbocycles. The van der Waals surface area contributed by atoms with E-state index in [9.17, 15) is 4.79 Å². The van der Waals surface area contributed by atoms with E-state index in [0.29, 0.717) is 0 Å². The summed E-state index contributed by atoms with van der Waals surface area (Å²) in [5.74, 6) is 0. The Morgan fingerprint density at radius 1 is 0.893 bits per heavy atom. The number of urea groups is 1. The van der Waals surface area contributed by atoms with Crippen molar-refractivity contribution in [3.8, 4) is 0 Å². The quantitative estimate of drug-likeness (QED) is 0.292. The van der Waals surface area contributed by atoms with Crippen LogP contribution in [0, 0.1) is 0 Å². The number of carbonyl (C=O) groups excluding carboxylic acids is 1. The first-order valence-electron chi connectivity index (χ1n) is 11.6. The molecule has 2 rings (SSSR count). The van der Waals surface area contributed by atoms with E-state index in [0.717, 1.165) is 4.56 Å². The van der Waals surface area contributed by atoms with Crippen molar-refractivity contribution in [3.05, 3.63) is 35.9 Å². The van der Waals surface area contributed by atoms with Gasteiger partial charge in [-0.25, -0.2) is 0 Å². The minimum absolute atomic E-state index is 0.208. The van der Waals surface area contributed by atoms with Crippen LogP contribution in [0.15, 0.2) is 30.3 Å². The molecule has 1 heterocycles. The summed E-state index contributed by atoms with van der Waals surface area (Å²) in [7, 11) is 1.99. The van der Waals surface area contributed by atoms with Crippen LogP contribution < -0.4 is 0 Å². The van der Waals surface area contributed by atoms with Gasteiger partial charge in [0.25, 0.3) is 0 Å². The summed E-state index contributed by atoms with van der Waals surface area (Å²) in [6.07, 6.45) is 7.91. The second-order valence-electron chi connectivity index (χ2n) is 8.93. The Hall–Kier alpha value is -0.711. The van der Waals surface area contributed by atoms with Gasteiger partial charge in [0.1, 0.15) is 0 Å². The number of rotatable bonds is 12. The molecule has 1 fully saturated rings. The van der Waals surface area contributed by atoms with Crippen LogP contribution in [-0.2, 0) is 0 Å². The topological polar surface area (TPSA) is 23.6 Å². The molecular weight excluding hydrogens is 451 g/mol. The SMILES string of the molecule is CCC[CH2][Sn]([CH2]CCC)([CH2]CCC)[CH2]N1C(=O)N(C)[C@@H](C)[C@H]1c1ccccc1. The molecule has 0 N–H and O–H groups in total. The molecule has 28 heavy (non-hydrogen) atoms. The Bertz CT molecular complexity index is 570. The molecule has 0 aliphatic carbocycles. The fraction of sp³-hybridized carbons (Fsp3) is 0.708. The molecule has 2 atom stereocenters. The van der Waals surface area contributed by atoms with E-state index in [1.165, 1.54) is 57.4 Å². The first-order chi connectivity index (χ1) is 13.5. The monoisotopic (exact) mass is 494 g/mol. The van der Waals surface area contributed by atoms with E-state index in [1.807, 2.05) is 11.9 Å². The molecule has 0 spiro atoms. The van der Waals surface area contributed by atoms with Crippen LogP contribution in [0.3, 0.4) is 0 Å². The second-order valence-corrected chi connectivity index (χ2v) is 22.7. The third kappa shape index (κ3) is 5.67. The molecule has 0 bridgehead atoms. The van der Waals surface area contributed by atoms with Crippen molar-refractivity contribution in [2.75, 3.05) is 11.6 Å². The van der Waals surface area contributed by atoms with Gasteiger partial charge in [-0.15, -0.1) is 0 Å². The Morgan fingerprint density at radius 2 is 1.39 bits per heavy atom. The molecule has 158 valence electrons. The van der Waals surface area contributed by atoms with Crippen LogP contribution >= 0.6 is 0 Å². The van der Waals surface area contributed by atoms with E-state index in [1.54, 1.807) is 0 Å². The number of carbonyl (C=O) groups is 1. The molecular formula is C24H42N2OSn. The van der Waals surface area contributed by atoms with Crippen molar-refractivity contribution in [1.29, 1.82) is 0 Å². The minimum atomic E-state index is -2.43. The zero-order chi connectivity index (χ0) is 20.6. The van der Waals surface area contributed by atoms with Crippen molar-refractivity contribution in [1.82, 2.24) is 9.80 Å². The molecule has 1 aromatic carbocycles. The van der Waals surface area contributed by atoms with E-state index in [4.69, 9.17) is 0 Å². The van der Waals surface area contributed by atoms with Gasteiger partial charge in [0.2, 0.25) is 0 Å². The Kier molecular flexibility index (Phi) is 9.65. The molecule has 4 heteroatoms. The summed E-state index contributed by atoms with van der Waals surface area (Å²) in [6.45, 7) is 9.18. The molecule has 0 aromatic heterocycles. The Morgan fingerprint density at radius 3 is 1.86 bits per heavy atom. The van der Waals surface area contributed by atoms with Crippen LogP contribution in [0.25, 0.3) is 0 Å². The second kappa shape index (κ2) is 11.5. The normalized spacial score (nSPS) is 20.2. The van der Waals surface area contributed by atoms with E-state index < -0.39 is 18.4 Å². The standard InChI is InChI=1S/C12H15N2O.3C4H9.Sn/c1-9-11(10-7-5-4-6-8-10)14(3)12(15)13(9)2;3*1-3-4-2;/h4-9,11H,3H2,1-2H3;3*1,3-4H2,2H3;/t9-,11-;;;;/m0..../s1. The Balaban J connectivity index is 2.35. The first kappa shape index (κ1) is 23.6. The third-order valence-corrected chi connectivity index (χ3v) is 21.8. The van der Waals surface area contributed by atoms with Gasteiger partial charge in [-0.1, -0.05) is 0 Å². The molecule has 3 nitrogen and oxygen atoms in total. The van der Waals surface area contributed by atoms with E-state index >= 15 is 0 Å². The number of amides is 2. The zero-order valence-electron chi connectivity index (χ0n) is 18.9. The van der Waals surface area contributed by atoms with Gasteiger partial charge in [0, 0.05) is 0 Å². The summed E-state index contributed by atoms with van der Waals surface area (Å²) in [5.41, 5.74) is 1.30. The van der Waals surface area contributed by atoms with Gasteiger partial charge in [-0.2, -0.15) is 0 Å². The van der Waals surface area contributed by atoms with Gasteiger partial charge in [0.05, 0.1) is 0 Å². The summed E-state index contributed by atoms with van der Waals surface area (Å²) < 4.78 is 5.47. The fourth-order valence-corrected chi connectivity index (χ4v) is 20.8. The van der Waals surface area contributed by atoms with Gasteiger partial charge >= 0.3 is 178 Å². The van der Waals surface area contributed by atoms with Crippen molar-refractivity contribution >= 4 is 24.4 Å². The average Bonchev–Trinajstić information content (AvgIpc) is 2.93. The number of benzene rings is 1. The molecule has 1 aliphatic rings. The van der Waals surface area contributed by atoms with Crippen molar-refractivity contribution in [2.24, 2.45) is 0 Å². The zero-order valence-corrected chi connectivity index (χ0v) is 21.8. The molecule has 0 unspecified atom stereocenters. The van der Waals surface area contributed by atoms with Gasteiger partial charge < -0.3 is 0 Å². The third-order valence-electron chi connectivity index (χ3n) is 6.78. The molecule has 1 aliphatic heterocycles. The van der Waals surface area contributed by atoms with Crippen molar-refractivity contribution in [3.63, 3.8) is 0 Å². The number of hydrogen-bond donors (Lipinski definition) is 0. The maximum absolute atomic E-state index is 13.3. The number of hydrogen-bond acceptors (Lipinski definition) is 1. The number of nitrogens with zero attached hydrogens (tertiary/aromatic N) is 2.